The zero-order valence-electron chi connectivity index (χ0n) is 19.6. The van der Waals surface area contributed by atoms with Crippen LogP contribution in [-0.4, -0.2) is 63.6 Å². The van der Waals surface area contributed by atoms with Gasteiger partial charge in [0.2, 0.25) is 5.88 Å². The molecular weight excluding hydrogens is 471 g/mol. The zero-order valence-corrected chi connectivity index (χ0v) is 20.4. The average Bonchev–Trinajstić information content (AvgIpc) is 3.59. The number of fused-ring (bicyclic) bond motifs is 1. The number of halogens is 2. The predicted octanol–water partition coefficient (Wildman–Crippen LogP) is 4.54. The average molecular weight is 497 g/mol. The SMILES string of the molecule is COc1nc2c(-c3ccc(Cl)cc3F)nc([C@H]3CCO[C@@H](C4C=NN(C5CC5)C4)C3)nc2nc1C. The van der Waals surface area contributed by atoms with Gasteiger partial charge in [0.1, 0.15) is 28.5 Å². The smallest absolute Gasteiger partial charge is 0.235 e. The fraction of sp³-hybridized carbons (Fsp3) is 0.480. The van der Waals surface area contributed by atoms with E-state index in [4.69, 9.17) is 31.0 Å². The molecule has 0 N–H and O–H groups in total. The third-order valence-corrected chi connectivity index (χ3v) is 7.22. The molecule has 1 aliphatic carbocycles. The molecule has 0 spiro atoms. The first kappa shape index (κ1) is 22.5. The van der Waals surface area contributed by atoms with Gasteiger partial charge in [0, 0.05) is 47.8 Å². The van der Waals surface area contributed by atoms with E-state index in [1.54, 1.807) is 12.1 Å². The van der Waals surface area contributed by atoms with Gasteiger partial charge >= 0.3 is 0 Å². The molecule has 1 saturated heterocycles. The molecule has 1 unspecified atom stereocenters. The molecule has 2 fully saturated rings. The summed E-state index contributed by atoms with van der Waals surface area (Å²) in [5.41, 5.74) is 2.11. The monoisotopic (exact) mass is 496 g/mol. The number of methoxy groups -OCH3 is 1. The standard InChI is InChI=1S/C25H26ClFN6O2/c1-13-25(34-2)31-22-21(18-6-3-16(26)10-19(18)27)30-23(32-24(22)29-13)14-7-8-35-20(9-14)15-11-28-33(12-15)17-4-5-17/h3,6,10-11,14-15,17,20H,4-5,7-9,12H2,1-2H3/t14-,15?,20+/m0/s1. The van der Waals surface area contributed by atoms with Gasteiger partial charge in [-0.05, 0) is 50.8 Å². The Hall–Kier alpha value is -2.91. The summed E-state index contributed by atoms with van der Waals surface area (Å²) in [6, 6.07) is 5.13. The van der Waals surface area contributed by atoms with Crippen molar-refractivity contribution < 1.29 is 13.9 Å². The van der Waals surface area contributed by atoms with Crippen molar-refractivity contribution in [1.29, 1.82) is 0 Å². The van der Waals surface area contributed by atoms with E-state index in [-0.39, 0.29) is 17.9 Å². The van der Waals surface area contributed by atoms with Crippen LogP contribution in [0.3, 0.4) is 0 Å². The molecule has 0 bridgehead atoms. The van der Waals surface area contributed by atoms with Gasteiger partial charge in [-0.15, -0.1) is 0 Å². The number of hydrogen-bond acceptors (Lipinski definition) is 8. The highest BCUT2D eigenvalue weighted by molar-refractivity contribution is 6.30. The minimum atomic E-state index is -0.475. The summed E-state index contributed by atoms with van der Waals surface area (Å²) in [4.78, 5) is 18.8. The lowest BCUT2D eigenvalue weighted by Gasteiger charge is -2.32. The Kier molecular flexibility index (Phi) is 5.76. The molecule has 0 amide bonds. The topological polar surface area (TPSA) is 85.6 Å². The van der Waals surface area contributed by atoms with Crippen LogP contribution in [-0.2, 0) is 4.74 Å². The van der Waals surface area contributed by atoms with Crippen LogP contribution in [0.25, 0.3) is 22.4 Å². The largest absolute Gasteiger partial charge is 0.480 e. The maximum atomic E-state index is 15.0. The molecule has 182 valence electrons. The zero-order chi connectivity index (χ0) is 24.1. The molecule has 3 aliphatic rings. The molecule has 8 nitrogen and oxygen atoms in total. The van der Waals surface area contributed by atoms with Crippen LogP contribution in [0.4, 0.5) is 4.39 Å². The van der Waals surface area contributed by atoms with Crippen molar-refractivity contribution in [2.75, 3.05) is 20.3 Å². The second-order valence-corrected chi connectivity index (χ2v) is 9.89. The number of benzene rings is 1. The maximum Gasteiger partial charge on any atom is 0.235 e. The summed E-state index contributed by atoms with van der Waals surface area (Å²) in [7, 11) is 1.53. The predicted molar refractivity (Wildman–Crippen MR) is 130 cm³/mol. The summed E-state index contributed by atoms with van der Waals surface area (Å²) < 4.78 is 26.5. The van der Waals surface area contributed by atoms with E-state index >= 15 is 4.39 Å². The number of hydrogen-bond donors (Lipinski definition) is 0. The van der Waals surface area contributed by atoms with E-state index in [2.05, 4.69) is 20.1 Å². The van der Waals surface area contributed by atoms with Crippen LogP contribution in [0, 0.1) is 18.7 Å². The van der Waals surface area contributed by atoms with Crippen LogP contribution >= 0.6 is 11.6 Å². The fourth-order valence-electron chi connectivity index (χ4n) is 4.95. The van der Waals surface area contributed by atoms with Crippen molar-refractivity contribution in [1.82, 2.24) is 24.9 Å². The Labute approximate surface area is 207 Å². The van der Waals surface area contributed by atoms with Crippen LogP contribution in [0.5, 0.6) is 5.88 Å². The molecule has 1 saturated carbocycles. The molecule has 0 radical (unpaired) electrons. The Morgan fingerprint density at radius 2 is 2.00 bits per heavy atom. The number of hydrazone groups is 1. The van der Waals surface area contributed by atoms with E-state index in [0.717, 1.165) is 19.4 Å². The van der Waals surface area contributed by atoms with Crippen molar-refractivity contribution >= 4 is 29.0 Å². The lowest BCUT2D eigenvalue weighted by Crippen LogP contribution is -2.35. The van der Waals surface area contributed by atoms with Gasteiger partial charge in [-0.3, -0.25) is 5.01 Å². The summed E-state index contributed by atoms with van der Waals surface area (Å²) >= 11 is 6.01. The molecular formula is C25H26ClFN6O2. The van der Waals surface area contributed by atoms with E-state index in [1.165, 1.54) is 26.0 Å². The first-order valence-corrected chi connectivity index (χ1v) is 12.4. The molecule has 4 heterocycles. The van der Waals surface area contributed by atoms with Gasteiger partial charge in [-0.2, -0.15) is 5.10 Å². The fourth-order valence-corrected chi connectivity index (χ4v) is 5.11. The Balaban J connectivity index is 1.38. The van der Waals surface area contributed by atoms with Crippen LogP contribution in [0.1, 0.15) is 43.1 Å². The van der Waals surface area contributed by atoms with Crippen LogP contribution < -0.4 is 4.74 Å². The van der Waals surface area contributed by atoms with Gasteiger partial charge < -0.3 is 9.47 Å². The van der Waals surface area contributed by atoms with Gasteiger partial charge in [0.05, 0.1) is 13.2 Å². The molecule has 35 heavy (non-hydrogen) atoms. The Morgan fingerprint density at radius 3 is 2.77 bits per heavy atom. The summed E-state index contributed by atoms with van der Waals surface area (Å²) in [5, 5.41) is 7.11. The van der Waals surface area contributed by atoms with Crippen LogP contribution in [0.15, 0.2) is 23.3 Å². The first-order valence-electron chi connectivity index (χ1n) is 12.0. The van der Waals surface area contributed by atoms with Crippen LogP contribution in [0.2, 0.25) is 5.02 Å². The molecule has 3 atom stereocenters. The third-order valence-electron chi connectivity index (χ3n) is 6.99. The second kappa shape index (κ2) is 8.95. The number of aryl methyl sites for hydroxylation is 1. The van der Waals surface area contributed by atoms with Gasteiger partial charge in [0.15, 0.2) is 5.65 Å². The minimum absolute atomic E-state index is 0.0416. The highest BCUT2D eigenvalue weighted by atomic mass is 35.5. The normalized spacial score (nSPS) is 24.3. The van der Waals surface area contributed by atoms with Crippen molar-refractivity contribution in [3.63, 3.8) is 0 Å². The number of nitrogens with zero attached hydrogens (tertiary/aromatic N) is 6. The molecule has 2 aromatic heterocycles. The minimum Gasteiger partial charge on any atom is -0.480 e. The first-order chi connectivity index (χ1) is 17.0. The third kappa shape index (κ3) is 4.31. The van der Waals surface area contributed by atoms with E-state index < -0.39 is 5.82 Å². The number of rotatable bonds is 5. The quantitative estimate of drug-likeness (QED) is 0.512. The van der Waals surface area contributed by atoms with E-state index in [0.29, 0.717) is 57.5 Å². The second-order valence-electron chi connectivity index (χ2n) is 9.46. The number of aromatic nitrogens is 4. The molecule has 6 rings (SSSR count). The summed E-state index contributed by atoms with van der Waals surface area (Å²) in [6.45, 7) is 3.32. The molecule has 10 heteroatoms. The van der Waals surface area contributed by atoms with Crippen molar-refractivity contribution in [2.24, 2.45) is 11.0 Å². The summed E-state index contributed by atoms with van der Waals surface area (Å²) in [6.07, 6.45) is 6.06. The maximum absolute atomic E-state index is 15.0. The van der Waals surface area contributed by atoms with Crippen molar-refractivity contribution in [3.8, 4) is 17.1 Å². The summed E-state index contributed by atoms with van der Waals surface area (Å²) in [5.74, 6) is 0.814. The highest BCUT2D eigenvalue weighted by Crippen LogP contribution is 2.37. The van der Waals surface area contributed by atoms with E-state index in [1.807, 2.05) is 13.1 Å². The number of ether oxygens (including phenoxy) is 2. The van der Waals surface area contributed by atoms with E-state index in [9.17, 15) is 0 Å². The molecule has 3 aromatic rings. The Bertz CT molecular complexity index is 1320. The van der Waals surface area contributed by atoms with Crippen molar-refractivity contribution in [2.45, 2.75) is 50.7 Å². The highest BCUT2D eigenvalue weighted by Gasteiger charge is 2.38. The van der Waals surface area contributed by atoms with Gasteiger partial charge in [-0.1, -0.05) is 11.6 Å². The molecule has 2 aliphatic heterocycles. The van der Waals surface area contributed by atoms with Crippen molar-refractivity contribution in [3.05, 3.63) is 40.6 Å². The lowest BCUT2D eigenvalue weighted by molar-refractivity contribution is -0.0161. The van der Waals surface area contributed by atoms with Gasteiger partial charge in [-0.25, -0.2) is 24.3 Å². The lowest BCUT2D eigenvalue weighted by atomic mass is 9.88. The molecule has 1 aromatic carbocycles. The Morgan fingerprint density at radius 1 is 1.14 bits per heavy atom. The van der Waals surface area contributed by atoms with Gasteiger partial charge in [0.25, 0.3) is 0 Å².